The number of aromatic nitrogens is 4. The quantitative estimate of drug-likeness (QED) is 0.161. The minimum atomic E-state index is 0.604. The molecule has 3 heterocycles. The number of para-hydroxylation sites is 3. The normalized spacial score (nSPS) is 11.5. The third-order valence-corrected chi connectivity index (χ3v) is 11.9. The van der Waals surface area contributed by atoms with Crippen molar-refractivity contribution in [3.8, 4) is 73.2 Å². The third-order valence-electron chi connectivity index (χ3n) is 11.9. The molecule has 0 spiro atoms. The summed E-state index contributed by atoms with van der Waals surface area (Å²) in [5.41, 5.74) is 14.4. The standard InChI is InChI=1S/C57H36N4O/c1-4-14-37(15-5-1)39-26-30-41(31-27-39)55-58-56(60-57(59-55)44-19-12-18-43(36-44)38-16-6-2-7-17-38)42-32-28-40(29-33-42)46-23-13-24-49-50-35-34-48-47-22-10-11-25-51(47)61(45-20-8-3-9-21-45)52(48)54(50)62-53(46)49/h1-36H. The Balaban J connectivity index is 0.971. The molecule has 62 heavy (non-hydrogen) atoms. The molecular weight excluding hydrogens is 757 g/mol. The van der Waals surface area contributed by atoms with E-state index in [0.29, 0.717) is 17.5 Å². The van der Waals surface area contributed by atoms with Gasteiger partial charge in [-0.15, -0.1) is 0 Å². The number of benzene rings is 9. The Morgan fingerprint density at radius 1 is 0.306 bits per heavy atom. The molecule has 0 aliphatic carbocycles. The molecule has 0 saturated carbocycles. The summed E-state index contributed by atoms with van der Waals surface area (Å²) in [6.45, 7) is 0. The summed E-state index contributed by atoms with van der Waals surface area (Å²) >= 11 is 0. The summed E-state index contributed by atoms with van der Waals surface area (Å²) in [6, 6.07) is 76.1. The van der Waals surface area contributed by atoms with Crippen LogP contribution >= 0.6 is 0 Å². The van der Waals surface area contributed by atoms with Crippen molar-refractivity contribution < 1.29 is 4.42 Å². The van der Waals surface area contributed by atoms with Crippen molar-refractivity contribution in [2.75, 3.05) is 0 Å². The van der Waals surface area contributed by atoms with Crippen molar-refractivity contribution >= 4 is 43.7 Å². The average Bonchev–Trinajstić information content (AvgIpc) is 3.91. The molecule has 5 heteroatoms. The number of fused-ring (bicyclic) bond motifs is 7. The lowest BCUT2D eigenvalue weighted by Crippen LogP contribution is -2.00. The monoisotopic (exact) mass is 792 g/mol. The van der Waals surface area contributed by atoms with E-state index < -0.39 is 0 Å². The summed E-state index contributed by atoms with van der Waals surface area (Å²) in [7, 11) is 0. The summed E-state index contributed by atoms with van der Waals surface area (Å²) in [5, 5.41) is 4.53. The van der Waals surface area contributed by atoms with Gasteiger partial charge in [0.1, 0.15) is 5.58 Å². The first kappa shape index (κ1) is 35.5. The molecular formula is C57H36N4O. The topological polar surface area (TPSA) is 56.7 Å². The molecule has 5 nitrogen and oxygen atoms in total. The second-order valence-electron chi connectivity index (χ2n) is 15.6. The van der Waals surface area contributed by atoms with Gasteiger partial charge in [-0.05, 0) is 58.1 Å². The highest BCUT2D eigenvalue weighted by molar-refractivity contribution is 6.22. The van der Waals surface area contributed by atoms with Crippen LogP contribution in [0.2, 0.25) is 0 Å². The van der Waals surface area contributed by atoms with Gasteiger partial charge in [-0.3, -0.25) is 0 Å². The van der Waals surface area contributed by atoms with Crippen LogP contribution in [-0.2, 0) is 0 Å². The molecule has 290 valence electrons. The molecule has 3 aromatic heterocycles. The SMILES string of the molecule is c1ccc(-c2ccc(-c3nc(-c4ccc(-c5cccc6c5oc5c6ccc6c7ccccc7n(-c7ccccc7)c65)cc4)nc(-c4cccc(-c5ccccc5)c4)n3)cc2)cc1. The first-order valence-electron chi connectivity index (χ1n) is 20.8. The maximum absolute atomic E-state index is 7.01. The zero-order valence-corrected chi connectivity index (χ0v) is 33.5. The molecule has 9 aromatic carbocycles. The zero-order chi connectivity index (χ0) is 41.0. The lowest BCUT2D eigenvalue weighted by Gasteiger charge is -2.11. The third kappa shape index (κ3) is 6.06. The largest absolute Gasteiger partial charge is 0.453 e. The molecule has 0 N–H and O–H groups in total. The highest BCUT2D eigenvalue weighted by atomic mass is 16.3. The van der Waals surface area contributed by atoms with Gasteiger partial charge in [-0.1, -0.05) is 188 Å². The second kappa shape index (κ2) is 14.7. The molecule has 0 fully saturated rings. The van der Waals surface area contributed by atoms with Gasteiger partial charge in [0.05, 0.1) is 11.0 Å². The van der Waals surface area contributed by atoms with Gasteiger partial charge in [-0.25, -0.2) is 15.0 Å². The fraction of sp³-hybridized carbons (Fsp3) is 0. The van der Waals surface area contributed by atoms with Gasteiger partial charge >= 0.3 is 0 Å². The summed E-state index contributed by atoms with van der Waals surface area (Å²) in [5.74, 6) is 1.84. The van der Waals surface area contributed by atoms with Crippen molar-refractivity contribution in [2.45, 2.75) is 0 Å². The van der Waals surface area contributed by atoms with Crippen molar-refractivity contribution in [2.24, 2.45) is 0 Å². The Bertz CT molecular complexity index is 3590. The lowest BCUT2D eigenvalue weighted by molar-refractivity contribution is 0.672. The van der Waals surface area contributed by atoms with Gasteiger partial charge in [0.15, 0.2) is 23.1 Å². The highest BCUT2D eigenvalue weighted by Crippen LogP contribution is 2.43. The van der Waals surface area contributed by atoms with Gasteiger partial charge < -0.3 is 8.98 Å². The van der Waals surface area contributed by atoms with Crippen molar-refractivity contribution in [1.82, 2.24) is 19.5 Å². The first-order valence-corrected chi connectivity index (χ1v) is 20.8. The first-order chi connectivity index (χ1) is 30.7. The minimum Gasteiger partial charge on any atom is -0.453 e. The van der Waals surface area contributed by atoms with E-state index in [4.69, 9.17) is 19.4 Å². The Kier molecular flexibility index (Phi) is 8.42. The fourth-order valence-corrected chi connectivity index (χ4v) is 8.85. The number of hydrogen-bond donors (Lipinski definition) is 0. The van der Waals surface area contributed by atoms with Gasteiger partial charge in [-0.2, -0.15) is 0 Å². The maximum Gasteiger partial charge on any atom is 0.164 e. The van der Waals surface area contributed by atoms with Crippen LogP contribution in [0.5, 0.6) is 0 Å². The summed E-state index contributed by atoms with van der Waals surface area (Å²) < 4.78 is 9.34. The van der Waals surface area contributed by atoms with Crippen LogP contribution in [0, 0.1) is 0 Å². The molecule has 0 radical (unpaired) electrons. The Morgan fingerprint density at radius 3 is 1.47 bits per heavy atom. The minimum absolute atomic E-state index is 0.604. The number of hydrogen-bond acceptors (Lipinski definition) is 4. The molecule has 0 saturated heterocycles. The Labute approximate surface area is 357 Å². The van der Waals surface area contributed by atoms with Crippen molar-refractivity contribution in [1.29, 1.82) is 0 Å². The van der Waals surface area contributed by atoms with E-state index in [1.165, 1.54) is 5.39 Å². The average molecular weight is 793 g/mol. The van der Waals surface area contributed by atoms with E-state index in [0.717, 1.165) is 94.1 Å². The van der Waals surface area contributed by atoms with Crippen LogP contribution < -0.4 is 0 Å². The van der Waals surface area contributed by atoms with E-state index in [1.54, 1.807) is 0 Å². The van der Waals surface area contributed by atoms with Gasteiger partial charge in [0.2, 0.25) is 0 Å². The van der Waals surface area contributed by atoms with Crippen molar-refractivity contribution in [3.63, 3.8) is 0 Å². The maximum atomic E-state index is 7.01. The summed E-state index contributed by atoms with van der Waals surface area (Å²) in [6.07, 6.45) is 0. The van der Waals surface area contributed by atoms with E-state index in [9.17, 15) is 0 Å². The lowest BCUT2D eigenvalue weighted by atomic mass is 10.0. The molecule has 0 unspecified atom stereocenters. The molecule has 0 aliphatic rings. The van der Waals surface area contributed by atoms with Gasteiger partial charge in [0, 0.05) is 49.5 Å². The van der Waals surface area contributed by atoms with Crippen molar-refractivity contribution in [3.05, 3.63) is 218 Å². The number of rotatable bonds is 7. The van der Waals surface area contributed by atoms with Crippen LogP contribution in [0.15, 0.2) is 223 Å². The summed E-state index contributed by atoms with van der Waals surface area (Å²) in [4.78, 5) is 15.3. The van der Waals surface area contributed by atoms with E-state index >= 15 is 0 Å². The number of furan rings is 1. The zero-order valence-electron chi connectivity index (χ0n) is 33.5. The Morgan fingerprint density at radius 2 is 0.774 bits per heavy atom. The fourth-order valence-electron chi connectivity index (χ4n) is 8.85. The smallest absolute Gasteiger partial charge is 0.164 e. The number of nitrogens with zero attached hydrogens (tertiary/aromatic N) is 4. The predicted octanol–water partition coefficient (Wildman–Crippen LogP) is 14.9. The van der Waals surface area contributed by atoms with E-state index in [-0.39, 0.29) is 0 Å². The molecule has 12 aromatic rings. The highest BCUT2D eigenvalue weighted by Gasteiger charge is 2.21. The van der Waals surface area contributed by atoms with Crippen LogP contribution in [0.1, 0.15) is 0 Å². The molecule has 12 rings (SSSR count). The van der Waals surface area contributed by atoms with Gasteiger partial charge in [0.25, 0.3) is 0 Å². The molecule has 0 amide bonds. The second-order valence-corrected chi connectivity index (χ2v) is 15.6. The van der Waals surface area contributed by atoms with Crippen LogP contribution in [0.3, 0.4) is 0 Å². The van der Waals surface area contributed by atoms with Crippen LogP contribution in [-0.4, -0.2) is 19.5 Å². The molecule has 0 aliphatic heterocycles. The van der Waals surface area contributed by atoms with Crippen LogP contribution in [0.25, 0.3) is 117 Å². The Hall–Kier alpha value is -8.41. The molecule has 0 atom stereocenters. The van der Waals surface area contributed by atoms with E-state index in [2.05, 4.69) is 211 Å². The van der Waals surface area contributed by atoms with Crippen LogP contribution in [0.4, 0.5) is 0 Å². The van der Waals surface area contributed by atoms with E-state index in [1.807, 2.05) is 12.1 Å². The molecule has 0 bridgehead atoms. The predicted molar refractivity (Wildman–Crippen MR) is 254 cm³/mol.